The molecule has 4 unspecified atom stereocenters. The van der Waals surface area contributed by atoms with Gasteiger partial charge in [0.15, 0.2) is 71.2 Å². The van der Waals surface area contributed by atoms with Gasteiger partial charge in [-0.25, -0.2) is 19.2 Å². The van der Waals surface area contributed by atoms with Gasteiger partial charge in [-0.3, -0.25) is 9.59 Å². The van der Waals surface area contributed by atoms with E-state index >= 15 is 0 Å². The van der Waals surface area contributed by atoms with Crippen LogP contribution < -0.4 is 18.9 Å². The molecular weight excluding hydrogens is 844 g/mol. The standard InChI is InChI=1S/2C18H21NO3.2C4H6O6/c2*1-19-8-7-18-11-4-5-13(20)17(18)22-16-14(21-2)6-3-10(15(16)18)9-12(11)19;2*5-1(3(7)8)2(6)4(9)10/h2*3,6,11-12,17H,4-5,7-9H2,1-2H3;2*1-2,5-6H,(H,7,8)(H,9,10)/t2*11-,12+,17-,18-;;/m00../s1. The third kappa shape index (κ3) is 7.33. The van der Waals surface area contributed by atoms with Crippen LogP contribution in [0.2, 0.25) is 0 Å². The summed E-state index contributed by atoms with van der Waals surface area (Å²) in [6.07, 6.45) is -2.12. The number of ether oxygens (including phenoxy) is 4. The third-order valence-electron chi connectivity index (χ3n) is 14.8. The molecule has 4 bridgehead atoms. The maximum atomic E-state index is 12.6. The molecule has 8 aliphatic rings. The van der Waals surface area contributed by atoms with Crippen molar-refractivity contribution in [2.75, 3.05) is 41.4 Å². The Morgan fingerprint density at radius 2 is 0.938 bits per heavy atom. The van der Waals surface area contributed by atoms with Crippen LogP contribution in [0, 0.1) is 11.8 Å². The maximum absolute atomic E-state index is 12.6. The molecule has 8 N–H and O–H groups in total. The number of benzene rings is 2. The van der Waals surface area contributed by atoms with Gasteiger partial charge in [-0.15, -0.1) is 0 Å². The van der Waals surface area contributed by atoms with Crippen molar-refractivity contribution in [1.82, 2.24) is 9.80 Å². The summed E-state index contributed by atoms with van der Waals surface area (Å²) in [5, 5.41) is 65.1. The number of likely N-dealkylation sites (N-methyl/N-ethyl adjacent to an activating group) is 2. The molecule has 2 spiro atoms. The number of piperidine rings is 2. The fraction of sp³-hybridized carbons (Fsp3) is 0.591. The number of rotatable bonds is 8. The summed E-state index contributed by atoms with van der Waals surface area (Å²) in [6, 6.07) is 9.46. The number of hydrogen-bond acceptors (Lipinski definition) is 16. The monoisotopic (exact) mass is 898 g/mol. The van der Waals surface area contributed by atoms with Crippen LogP contribution in [0.1, 0.15) is 60.8 Å². The van der Waals surface area contributed by atoms with Gasteiger partial charge in [0.2, 0.25) is 0 Å². The van der Waals surface area contributed by atoms with E-state index in [2.05, 4.69) is 36.0 Å². The van der Waals surface area contributed by atoms with Gasteiger partial charge in [0.25, 0.3) is 0 Å². The molecule has 10 rings (SSSR count). The van der Waals surface area contributed by atoms with Crippen LogP contribution in [0.15, 0.2) is 24.3 Å². The lowest BCUT2D eigenvalue weighted by Crippen LogP contribution is -2.65. The van der Waals surface area contributed by atoms with Gasteiger partial charge < -0.3 is 69.6 Å². The summed E-state index contributed by atoms with van der Waals surface area (Å²) < 4.78 is 23.6. The Labute approximate surface area is 366 Å². The molecule has 20 heteroatoms. The summed E-state index contributed by atoms with van der Waals surface area (Å²) >= 11 is 0. The molecule has 64 heavy (non-hydrogen) atoms. The second-order valence-corrected chi connectivity index (χ2v) is 17.7. The number of carboxylic acid groups (broad SMARTS) is 4. The second kappa shape index (κ2) is 17.5. The first-order valence-electron chi connectivity index (χ1n) is 21.1. The fourth-order valence-electron chi connectivity index (χ4n) is 11.9. The van der Waals surface area contributed by atoms with Crippen molar-refractivity contribution in [3.8, 4) is 23.0 Å². The van der Waals surface area contributed by atoms with E-state index in [1.165, 1.54) is 22.3 Å². The van der Waals surface area contributed by atoms with Gasteiger partial charge in [0.1, 0.15) is 0 Å². The summed E-state index contributed by atoms with van der Waals surface area (Å²) in [6.45, 7) is 2.09. The van der Waals surface area contributed by atoms with E-state index in [1.54, 1.807) is 14.2 Å². The molecule has 0 radical (unpaired) electrons. The van der Waals surface area contributed by atoms with Gasteiger partial charge in [-0.2, -0.15) is 0 Å². The Hall–Kier alpha value is -5.38. The average molecular weight is 899 g/mol. The number of aliphatic hydroxyl groups excluding tert-OH is 4. The highest BCUT2D eigenvalue weighted by molar-refractivity contribution is 5.90. The first kappa shape index (κ1) is 46.6. The SMILES string of the molecule is COc1ccc2c3c1O[C@H]1C(=O)CC[C@H]4[C@@H](C2)N(C)CC[C@]314.COc1ccc2c3c1O[C@H]1C(=O)CC[C@H]4[C@@H](C2)N(C)CC[C@]314.O=C(O)C(O)C(O)C(=O)O.O=C(O)C(O)C(O)C(=O)O. The first-order valence-corrected chi connectivity index (χ1v) is 21.1. The van der Waals surface area contributed by atoms with Gasteiger partial charge in [0.05, 0.1) is 14.2 Å². The summed E-state index contributed by atoms with van der Waals surface area (Å²) in [5.74, 6) is -2.16. The summed E-state index contributed by atoms with van der Waals surface area (Å²) in [7, 11) is 7.82. The molecular formula is C44H54N2O18. The Balaban J connectivity index is 0.000000137. The number of carbonyl (C=O) groups is 6. The Kier molecular flexibility index (Phi) is 12.8. The normalized spacial score (nSPS) is 31.4. The molecule has 348 valence electrons. The lowest BCUT2D eigenvalue weighted by atomic mass is 9.52. The highest BCUT2D eigenvalue weighted by atomic mass is 16.5. The molecule has 4 aliphatic carbocycles. The largest absolute Gasteiger partial charge is 0.493 e. The number of methoxy groups -OCH3 is 2. The van der Waals surface area contributed by atoms with E-state index in [0.29, 0.717) is 36.8 Å². The Bertz CT molecular complexity index is 2040. The van der Waals surface area contributed by atoms with Crippen LogP contribution in [-0.4, -0.2) is 176 Å². The maximum Gasteiger partial charge on any atom is 0.335 e. The number of hydrogen-bond donors (Lipinski definition) is 8. The van der Waals surface area contributed by atoms with Crippen LogP contribution in [-0.2, 0) is 52.4 Å². The third-order valence-corrected chi connectivity index (χ3v) is 14.8. The molecule has 2 aromatic rings. The zero-order valence-corrected chi connectivity index (χ0v) is 35.7. The predicted molar refractivity (Wildman–Crippen MR) is 218 cm³/mol. The number of likely N-dealkylation sites (tertiary alicyclic amines) is 2. The van der Waals surface area contributed by atoms with E-state index in [-0.39, 0.29) is 34.6 Å². The first-order chi connectivity index (χ1) is 30.3. The topological polar surface area (TPSA) is 308 Å². The van der Waals surface area contributed by atoms with Crippen LogP contribution in [0.4, 0.5) is 0 Å². The Morgan fingerprint density at radius 3 is 1.23 bits per heavy atom. The zero-order chi connectivity index (χ0) is 46.7. The number of carbonyl (C=O) groups excluding carboxylic acids is 2. The highest BCUT2D eigenvalue weighted by Crippen LogP contribution is 2.64. The number of Topliss-reactive ketones (excluding diaryl/α,β-unsaturated/α-hetero) is 2. The molecule has 4 aliphatic heterocycles. The molecule has 0 amide bonds. The fourth-order valence-corrected chi connectivity index (χ4v) is 11.9. The van der Waals surface area contributed by atoms with E-state index in [0.717, 1.165) is 74.6 Å². The van der Waals surface area contributed by atoms with Crippen LogP contribution in [0.5, 0.6) is 23.0 Å². The van der Waals surface area contributed by atoms with Crippen molar-refractivity contribution in [2.24, 2.45) is 11.8 Å². The van der Waals surface area contributed by atoms with Gasteiger partial charge in [-0.1, -0.05) is 12.1 Å². The number of carboxylic acids is 4. The quantitative estimate of drug-likeness (QED) is 0.167. The van der Waals surface area contributed by atoms with Gasteiger partial charge in [0, 0.05) is 46.9 Å². The minimum absolute atomic E-state index is 0.0933. The molecule has 2 saturated heterocycles. The van der Waals surface area contributed by atoms with Crippen molar-refractivity contribution in [1.29, 1.82) is 0 Å². The predicted octanol–water partition coefficient (Wildman–Crippen LogP) is -0.379. The second-order valence-electron chi connectivity index (χ2n) is 17.7. The molecule has 0 aromatic heterocycles. The summed E-state index contributed by atoms with van der Waals surface area (Å²) in [5.41, 5.74) is 5.15. The van der Waals surface area contributed by atoms with E-state index < -0.39 is 48.3 Å². The lowest BCUT2D eigenvalue weighted by molar-refractivity contribution is -0.165. The number of nitrogens with zero attached hydrogens (tertiary/aromatic N) is 2. The smallest absolute Gasteiger partial charge is 0.335 e. The van der Waals surface area contributed by atoms with Crippen molar-refractivity contribution in [3.05, 3.63) is 46.5 Å². The van der Waals surface area contributed by atoms with Gasteiger partial charge in [-0.05, 0) is 101 Å². The van der Waals surface area contributed by atoms with Crippen LogP contribution in [0.25, 0.3) is 0 Å². The van der Waals surface area contributed by atoms with E-state index in [9.17, 15) is 28.8 Å². The van der Waals surface area contributed by atoms with Gasteiger partial charge >= 0.3 is 23.9 Å². The number of aliphatic carboxylic acids is 4. The lowest BCUT2D eigenvalue weighted by Gasteiger charge is -2.57. The van der Waals surface area contributed by atoms with Crippen molar-refractivity contribution in [2.45, 2.75) is 111 Å². The number of aliphatic hydroxyl groups is 4. The van der Waals surface area contributed by atoms with Crippen molar-refractivity contribution < 1.29 is 88.6 Å². The average Bonchev–Trinajstić information content (AvgIpc) is 3.82. The summed E-state index contributed by atoms with van der Waals surface area (Å²) in [4.78, 5) is 69.3. The minimum Gasteiger partial charge on any atom is -0.493 e. The van der Waals surface area contributed by atoms with Crippen LogP contribution >= 0.6 is 0 Å². The minimum atomic E-state index is -2.27. The molecule has 12 atom stereocenters. The Morgan fingerprint density at radius 1 is 0.609 bits per heavy atom. The molecule has 20 nitrogen and oxygen atoms in total. The number of ketones is 2. The van der Waals surface area contributed by atoms with Crippen LogP contribution in [0.3, 0.4) is 0 Å². The molecule has 4 heterocycles. The zero-order valence-electron chi connectivity index (χ0n) is 35.7. The molecule has 4 fully saturated rings. The molecule has 2 aromatic carbocycles. The molecule has 2 saturated carbocycles. The van der Waals surface area contributed by atoms with Crippen molar-refractivity contribution >= 4 is 35.4 Å². The van der Waals surface area contributed by atoms with E-state index in [4.69, 9.17) is 59.8 Å². The highest BCUT2D eigenvalue weighted by Gasteiger charge is 2.67. The van der Waals surface area contributed by atoms with E-state index in [1.807, 2.05) is 12.1 Å². The van der Waals surface area contributed by atoms with Crippen molar-refractivity contribution in [3.63, 3.8) is 0 Å².